The maximum atomic E-state index is 12.4. The van der Waals surface area contributed by atoms with E-state index < -0.39 is 5.91 Å². The van der Waals surface area contributed by atoms with E-state index in [-0.39, 0.29) is 11.6 Å². The first kappa shape index (κ1) is 17.7. The van der Waals surface area contributed by atoms with E-state index in [1.807, 2.05) is 6.07 Å². The minimum atomic E-state index is -0.463. The number of rotatable bonds is 4. The highest BCUT2D eigenvalue weighted by molar-refractivity contribution is 6.35. The Morgan fingerprint density at radius 1 is 1.08 bits per heavy atom. The first-order valence-electron chi connectivity index (χ1n) is 7.42. The van der Waals surface area contributed by atoms with Crippen molar-refractivity contribution in [2.24, 2.45) is 0 Å². The smallest absolute Gasteiger partial charge is 0.274 e. The van der Waals surface area contributed by atoms with Gasteiger partial charge in [0.15, 0.2) is 0 Å². The molecule has 1 aromatic heterocycles. The van der Waals surface area contributed by atoms with E-state index in [1.165, 1.54) is 12.3 Å². The predicted molar refractivity (Wildman–Crippen MR) is 101 cm³/mol. The van der Waals surface area contributed by atoms with Crippen molar-refractivity contribution in [3.05, 3.63) is 76.0 Å². The van der Waals surface area contributed by atoms with Crippen LogP contribution in [-0.2, 0) is 0 Å². The normalized spacial score (nSPS) is 10.0. The fourth-order valence-electron chi connectivity index (χ4n) is 2.14. The molecule has 0 aliphatic carbocycles. The summed E-state index contributed by atoms with van der Waals surface area (Å²) < 4.78 is 0. The standard InChI is InChI=1S/C18H11Cl2N5O/c19-12-5-6-13(20)16(9-12)25-18-22-8-7-15(24-18)17(26)23-14-4-2-1-3-11(14)10-21/h1-9H,(H,23,26)(H,22,24,25). The van der Waals surface area contributed by atoms with E-state index in [2.05, 4.69) is 20.6 Å². The van der Waals surface area contributed by atoms with Crippen LogP contribution in [0.5, 0.6) is 0 Å². The molecule has 1 heterocycles. The third-order valence-corrected chi connectivity index (χ3v) is 3.92. The largest absolute Gasteiger partial charge is 0.323 e. The van der Waals surface area contributed by atoms with Crippen LogP contribution in [0.4, 0.5) is 17.3 Å². The molecule has 2 N–H and O–H groups in total. The first-order chi connectivity index (χ1) is 12.6. The summed E-state index contributed by atoms with van der Waals surface area (Å²) in [7, 11) is 0. The fraction of sp³-hybridized carbons (Fsp3) is 0. The topological polar surface area (TPSA) is 90.7 Å². The molecule has 1 amide bonds. The zero-order valence-corrected chi connectivity index (χ0v) is 14.7. The van der Waals surface area contributed by atoms with E-state index in [9.17, 15) is 4.79 Å². The fourth-order valence-corrected chi connectivity index (χ4v) is 2.47. The van der Waals surface area contributed by atoms with Gasteiger partial charge in [-0.3, -0.25) is 4.79 Å². The molecule has 3 aromatic rings. The predicted octanol–water partition coefficient (Wildman–Crippen LogP) is 4.65. The number of carbonyl (C=O) groups is 1. The minimum absolute atomic E-state index is 0.133. The van der Waals surface area contributed by atoms with Crippen LogP contribution in [0.2, 0.25) is 10.0 Å². The summed E-state index contributed by atoms with van der Waals surface area (Å²) in [5.41, 5.74) is 1.42. The van der Waals surface area contributed by atoms with Gasteiger partial charge in [-0.05, 0) is 36.4 Å². The van der Waals surface area contributed by atoms with Gasteiger partial charge in [0.05, 0.1) is 22.0 Å². The van der Waals surface area contributed by atoms with Crippen molar-refractivity contribution >= 4 is 46.4 Å². The number of hydrogen-bond donors (Lipinski definition) is 2. The lowest BCUT2D eigenvalue weighted by molar-refractivity contribution is 0.102. The number of nitrogens with zero attached hydrogens (tertiary/aromatic N) is 3. The second-order valence-corrected chi connectivity index (χ2v) is 5.97. The summed E-state index contributed by atoms with van der Waals surface area (Å²) in [6.07, 6.45) is 1.44. The van der Waals surface area contributed by atoms with Crippen molar-refractivity contribution in [3.8, 4) is 6.07 Å². The molecule has 0 saturated carbocycles. The van der Waals surface area contributed by atoms with Crippen molar-refractivity contribution in [3.63, 3.8) is 0 Å². The maximum Gasteiger partial charge on any atom is 0.274 e. The van der Waals surface area contributed by atoms with Crippen molar-refractivity contribution in [1.29, 1.82) is 5.26 Å². The average Bonchev–Trinajstić information content (AvgIpc) is 2.65. The number of nitrogens with one attached hydrogen (secondary N) is 2. The van der Waals surface area contributed by atoms with Crippen molar-refractivity contribution < 1.29 is 4.79 Å². The Balaban J connectivity index is 1.82. The molecular formula is C18H11Cl2N5O. The second-order valence-electron chi connectivity index (χ2n) is 5.13. The van der Waals surface area contributed by atoms with Gasteiger partial charge in [0, 0.05) is 11.2 Å². The van der Waals surface area contributed by atoms with Gasteiger partial charge >= 0.3 is 0 Å². The highest BCUT2D eigenvalue weighted by atomic mass is 35.5. The molecule has 0 aliphatic rings. The van der Waals surface area contributed by atoms with Crippen LogP contribution in [-0.4, -0.2) is 15.9 Å². The number of benzene rings is 2. The van der Waals surface area contributed by atoms with Crippen LogP contribution in [0.3, 0.4) is 0 Å². The molecule has 26 heavy (non-hydrogen) atoms. The zero-order valence-electron chi connectivity index (χ0n) is 13.2. The molecule has 8 heteroatoms. The van der Waals surface area contributed by atoms with E-state index in [4.69, 9.17) is 28.5 Å². The van der Waals surface area contributed by atoms with Crippen LogP contribution >= 0.6 is 23.2 Å². The van der Waals surface area contributed by atoms with Crippen LogP contribution in [0.1, 0.15) is 16.1 Å². The van der Waals surface area contributed by atoms with Gasteiger partial charge in [0.1, 0.15) is 11.8 Å². The summed E-state index contributed by atoms with van der Waals surface area (Å²) in [5, 5.41) is 15.6. The van der Waals surface area contributed by atoms with Gasteiger partial charge in [-0.15, -0.1) is 0 Å². The van der Waals surface area contributed by atoms with Crippen molar-refractivity contribution in [2.45, 2.75) is 0 Å². The zero-order chi connectivity index (χ0) is 18.5. The Kier molecular flexibility index (Phi) is 5.32. The molecule has 128 valence electrons. The lowest BCUT2D eigenvalue weighted by atomic mass is 10.2. The van der Waals surface area contributed by atoms with Gasteiger partial charge < -0.3 is 10.6 Å². The molecule has 0 saturated heterocycles. The molecule has 0 unspecified atom stereocenters. The van der Waals surface area contributed by atoms with E-state index >= 15 is 0 Å². The van der Waals surface area contributed by atoms with E-state index in [0.717, 1.165) is 0 Å². The Labute approximate surface area is 159 Å². The number of nitriles is 1. The second kappa shape index (κ2) is 7.83. The van der Waals surface area contributed by atoms with E-state index in [0.29, 0.717) is 27.0 Å². The van der Waals surface area contributed by atoms with Gasteiger partial charge in [-0.2, -0.15) is 5.26 Å². The number of anilines is 3. The summed E-state index contributed by atoms with van der Waals surface area (Å²) >= 11 is 12.1. The summed E-state index contributed by atoms with van der Waals surface area (Å²) in [6.45, 7) is 0. The Hall–Kier alpha value is -3.14. The quantitative estimate of drug-likeness (QED) is 0.683. The Bertz CT molecular complexity index is 1020. The van der Waals surface area contributed by atoms with Crippen LogP contribution in [0.25, 0.3) is 0 Å². The highest BCUT2D eigenvalue weighted by Crippen LogP contribution is 2.27. The molecule has 0 radical (unpaired) electrons. The Morgan fingerprint density at radius 3 is 2.69 bits per heavy atom. The lowest BCUT2D eigenvalue weighted by Gasteiger charge is -2.09. The SMILES string of the molecule is N#Cc1ccccc1NC(=O)c1ccnc(Nc2cc(Cl)ccc2Cl)n1. The number of halogens is 2. The molecule has 2 aromatic carbocycles. The molecule has 0 aliphatic heterocycles. The molecular weight excluding hydrogens is 373 g/mol. The number of hydrogen-bond acceptors (Lipinski definition) is 5. The molecule has 0 atom stereocenters. The summed E-state index contributed by atoms with van der Waals surface area (Å²) in [5.74, 6) is -0.272. The third-order valence-electron chi connectivity index (χ3n) is 3.36. The minimum Gasteiger partial charge on any atom is -0.323 e. The van der Waals surface area contributed by atoms with E-state index in [1.54, 1.807) is 42.5 Å². The summed E-state index contributed by atoms with van der Waals surface area (Å²) in [6, 6.07) is 15.1. The Morgan fingerprint density at radius 2 is 1.88 bits per heavy atom. The molecule has 6 nitrogen and oxygen atoms in total. The van der Waals surface area contributed by atoms with Crippen LogP contribution < -0.4 is 10.6 Å². The average molecular weight is 384 g/mol. The molecule has 0 bridgehead atoms. The van der Waals surface area contributed by atoms with Gasteiger partial charge in [-0.25, -0.2) is 9.97 Å². The molecule has 3 rings (SSSR count). The van der Waals surface area contributed by atoms with Crippen molar-refractivity contribution in [1.82, 2.24) is 9.97 Å². The number of amides is 1. The van der Waals surface area contributed by atoms with Crippen LogP contribution in [0.15, 0.2) is 54.7 Å². The number of para-hydroxylation sites is 1. The third kappa shape index (κ3) is 4.09. The summed E-state index contributed by atoms with van der Waals surface area (Å²) in [4.78, 5) is 20.7. The maximum absolute atomic E-state index is 12.4. The lowest BCUT2D eigenvalue weighted by Crippen LogP contribution is -2.15. The highest BCUT2D eigenvalue weighted by Gasteiger charge is 2.12. The van der Waals surface area contributed by atoms with Gasteiger partial charge in [0.2, 0.25) is 5.95 Å². The molecule has 0 spiro atoms. The van der Waals surface area contributed by atoms with Crippen LogP contribution in [0, 0.1) is 11.3 Å². The number of aromatic nitrogens is 2. The van der Waals surface area contributed by atoms with Gasteiger partial charge in [-0.1, -0.05) is 35.3 Å². The molecule has 0 fully saturated rings. The van der Waals surface area contributed by atoms with Crippen molar-refractivity contribution in [2.75, 3.05) is 10.6 Å². The first-order valence-corrected chi connectivity index (χ1v) is 8.18. The monoisotopic (exact) mass is 383 g/mol. The number of carbonyl (C=O) groups excluding carboxylic acids is 1. The van der Waals surface area contributed by atoms with Gasteiger partial charge in [0.25, 0.3) is 5.91 Å².